The van der Waals surface area contributed by atoms with Crippen LogP contribution in [0.25, 0.3) is 77.2 Å². The number of rotatable bonds is 7. The third-order valence-electron chi connectivity index (χ3n) is 10.5. The number of furan rings is 1. The number of hydrogen-bond donors (Lipinski definition) is 0. The fraction of sp³-hybridized carbons (Fsp3) is 0. The molecule has 0 aliphatic carbocycles. The SMILES string of the molecule is c1ccc(-c2ccc(-c3cccc4ccc5oc6c(N(c7ccc(-c8ccccc8)cc7)c7ccc(-c8ccccc8)cc7)cccc6c5c34)cc2)cc1. The maximum absolute atomic E-state index is 6.93. The molecule has 10 rings (SSSR count). The summed E-state index contributed by atoms with van der Waals surface area (Å²) in [7, 11) is 0. The summed E-state index contributed by atoms with van der Waals surface area (Å²) in [5.41, 5.74) is 14.4. The Morgan fingerprint density at radius 3 is 1.31 bits per heavy atom. The van der Waals surface area contributed by atoms with Crippen molar-refractivity contribution in [3.05, 3.63) is 212 Å². The number of benzene rings is 9. The minimum atomic E-state index is 0.855. The quantitative estimate of drug-likeness (QED) is 0.166. The van der Waals surface area contributed by atoms with E-state index in [1.165, 1.54) is 55.3 Å². The summed E-state index contributed by atoms with van der Waals surface area (Å²) in [4.78, 5) is 2.32. The fourth-order valence-corrected chi connectivity index (χ4v) is 7.84. The molecule has 2 nitrogen and oxygen atoms in total. The summed E-state index contributed by atoms with van der Waals surface area (Å²) >= 11 is 0. The molecule has 9 aromatic carbocycles. The molecule has 0 aliphatic heterocycles. The monoisotopic (exact) mass is 689 g/mol. The third-order valence-corrected chi connectivity index (χ3v) is 10.5. The molecule has 0 atom stereocenters. The summed E-state index contributed by atoms with van der Waals surface area (Å²) in [5, 5.41) is 4.61. The van der Waals surface area contributed by atoms with E-state index in [-0.39, 0.29) is 0 Å². The van der Waals surface area contributed by atoms with Crippen molar-refractivity contribution in [2.45, 2.75) is 0 Å². The number of fused-ring (bicyclic) bond motifs is 5. The smallest absolute Gasteiger partial charge is 0.159 e. The highest BCUT2D eigenvalue weighted by atomic mass is 16.3. The van der Waals surface area contributed by atoms with Gasteiger partial charge in [0.15, 0.2) is 5.58 Å². The molecule has 0 amide bonds. The summed E-state index contributed by atoms with van der Waals surface area (Å²) in [6.45, 7) is 0. The lowest BCUT2D eigenvalue weighted by Gasteiger charge is -2.26. The lowest BCUT2D eigenvalue weighted by atomic mass is 9.93. The zero-order valence-electron chi connectivity index (χ0n) is 29.6. The average Bonchev–Trinajstić information content (AvgIpc) is 3.65. The standard InChI is InChI=1S/C52H35NO/c1-4-12-36(13-5-1)39-22-24-42(25-23-39)46-19-10-18-43-30-35-49-51(50(43)46)47-20-11-21-48(52(47)54-49)53(44-31-26-40(27-32-44)37-14-6-2-7-15-37)45-33-28-41(29-34-45)38-16-8-3-9-17-38/h1-35H. The zero-order valence-corrected chi connectivity index (χ0v) is 29.6. The van der Waals surface area contributed by atoms with Crippen LogP contribution in [0.1, 0.15) is 0 Å². The third kappa shape index (κ3) is 5.62. The Morgan fingerprint density at radius 1 is 0.315 bits per heavy atom. The van der Waals surface area contributed by atoms with Crippen LogP contribution in [0.4, 0.5) is 17.1 Å². The second-order valence-corrected chi connectivity index (χ2v) is 13.7. The van der Waals surface area contributed by atoms with Gasteiger partial charge in [-0.3, -0.25) is 0 Å². The minimum absolute atomic E-state index is 0.855. The molecule has 54 heavy (non-hydrogen) atoms. The van der Waals surface area contributed by atoms with E-state index in [9.17, 15) is 0 Å². The van der Waals surface area contributed by atoms with Gasteiger partial charge in [0, 0.05) is 27.5 Å². The molecule has 0 unspecified atom stereocenters. The van der Waals surface area contributed by atoms with Crippen LogP contribution < -0.4 is 4.90 Å². The predicted octanol–water partition coefficient (Wildman–Crippen LogP) is 14.9. The molecule has 0 aliphatic rings. The van der Waals surface area contributed by atoms with Crippen molar-refractivity contribution in [3.63, 3.8) is 0 Å². The Bertz CT molecular complexity index is 2790. The van der Waals surface area contributed by atoms with Crippen molar-refractivity contribution in [1.29, 1.82) is 0 Å². The Balaban J connectivity index is 1.14. The Morgan fingerprint density at radius 2 is 0.778 bits per heavy atom. The van der Waals surface area contributed by atoms with Crippen LogP contribution in [0.5, 0.6) is 0 Å². The van der Waals surface area contributed by atoms with Gasteiger partial charge in [0.1, 0.15) is 5.58 Å². The molecule has 0 spiro atoms. The van der Waals surface area contributed by atoms with E-state index < -0.39 is 0 Å². The maximum atomic E-state index is 6.93. The summed E-state index contributed by atoms with van der Waals surface area (Å²) < 4.78 is 6.93. The molecule has 254 valence electrons. The van der Waals surface area contributed by atoms with Crippen LogP contribution >= 0.6 is 0 Å². The van der Waals surface area contributed by atoms with Gasteiger partial charge in [-0.25, -0.2) is 0 Å². The van der Waals surface area contributed by atoms with Gasteiger partial charge < -0.3 is 9.32 Å². The predicted molar refractivity (Wildman–Crippen MR) is 228 cm³/mol. The highest BCUT2D eigenvalue weighted by Gasteiger charge is 2.21. The lowest BCUT2D eigenvalue weighted by Crippen LogP contribution is -2.10. The largest absolute Gasteiger partial charge is 0.454 e. The Hall–Kier alpha value is -7.16. The fourth-order valence-electron chi connectivity index (χ4n) is 7.84. The minimum Gasteiger partial charge on any atom is -0.454 e. The topological polar surface area (TPSA) is 16.4 Å². The zero-order chi connectivity index (χ0) is 35.8. The van der Waals surface area contributed by atoms with Crippen molar-refractivity contribution in [3.8, 4) is 44.5 Å². The van der Waals surface area contributed by atoms with Gasteiger partial charge in [-0.05, 0) is 86.3 Å². The van der Waals surface area contributed by atoms with Crippen LogP contribution in [0.15, 0.2) is 217 Å². The van der Waals surface area contributed by atoms with Crippen LogP contribution in [0.3, 0.4) is 0 Å². The molecule has 1 heterocycles. The number of para-hydroxylation sites is 1. The second-order valence-electron chi connectivity index (χ2n) is 13.7. The van der Waals surface area contributed by atoms with Crippen molar-refractivity contribution in [2.24, 2.45) is 0 Å². The number of hydrogen-bond acceptors (Lipinski definition) is 2. The molecule has 0 radical (unpaired) electrons. The molecule has 0 bridgehead atoms. The Labute approximate surface area is 314 Å². The highest BCUT2D eigenvalue weighted by molar-refractivity contribution is 6.24. The molecule has 0 saturated carbocycles. The van der Waals surface area contributed by atoms with Crippen molar-refractivity contribution < 1.29 is 4.42 Å². The van der Waals surface area contributed by atoms with Gasteiger partial charge in [0.25, 0.3) is 0 Å². The first-order valence-electron chi connectivity index (χ1n) is 18.4. The van der Waals surface area contributed by atoms with Crippen LogP contribution in [-0.4, -0.2) is 0 Å². The first-order chi connectivity index (χ1) is 26.8. The molecule has 0 saturated heterocycles. The lowest BCUT2D eigenvalue weighted by molar-refractivity contribution is 0.669. The summed E-state index contributed by atoms with van der Waals surface area (Å²) in [6, 6.07) is 75.6. The first kappa shape index (κ1) is 31.6. The molecular weight excluding hydrogens is 655 g/mol. The van der Waals surface area contributed by atoms with Crippen LogP contribution in [0.2, 0.25) is 0 Å². The highest BCUT2D eigenvalue weighted by Crippen LogP contribution is 2.46. The molecule has 0 N–H and O–H groups in total. The molecular formula is C52H35NO. The van der Waals surface area contributed by atoms with Gasteiger partial charge >= 0.3 is 0 Å². The molecule has 2 heteroatoms. The average molecular weight is 690 g/mol. The first-order valence-corrected chi connectivity index (χ1v) is 18.4. The Kier molecular flexibility index (Phi) is 7.85. The van der Waals surface area contributed by atoms with E-state index in [0.717, 1.165) is 39.0 Å². The number of nitrogens with zero attached hydrogens (tertiary/aromatic N) is 1. The van der Waals surface area contributed by atoms with Gasteiger partial charge in [0.2, 0.25) is 0 Å². The van der Waals surface area contributed by atoms with E-state index in [4.69, 9.17) is 4.42 Å². The molecule has 1 aromatic heterocycles. The van der Waals surface area contributed by atoms with Gasteiger partial charge in [-0.2, -0.15) is 0 Å². The second kappa shape index (κ2) is 13.4. The van der Waals surface area contributed by atoms with E-state index >= 15 is 0 Å². The van der Waals surface area contributed by atoms with Gasteiger partial charge in [-0.15, -0.1) is 0 Å². The van der Waals surface area contributed by atoms with E-state index in [0.29, 0.717) is 0 Å². The summed E-state index contributed by atoms with van der Waals surface area (Å²) in [5.74, 6) is 0. The van der Waals surface area contributed by atoms with Crippen molar-refractivity contribution in [1.82, 2.24) is 0 Å². The molecule has 10 aromatic rings. The van der Waals surface area contributed by atoms with Crippen molar-refractivity contribution in [2.75, 3.05) is 4.90 Å². The normalized spacial score (nSPS) is 11.3. The molecule has 0 fully saturated rings. The van der Waals surface area contributed by atoms with Gasteiger partial charge in [-0.1, -0.05) is 176 Å². The van der Waals surface area contributed by atoms with E-state index in [2.05, 4.69) is 217 Å². The van der Waals surface area contributed by atoms with E-state index in [1.807, 2.05) is 0 Å². The summed E-state index contributed by atoms with van der Waals surface area (Å²) in [6.07, 6.45) is 0. The van der Waals surface area contributed by atoms with E-state index in [1.54, 1.807) is 0 Å². The van der Waals surface area contributed by atoms with Crippen LogP contribution in [-0.2, 0) is 0 Å². The van der Waals surface area contributed by atoms with Crippen LogP contribution in [0, 0.1) is 0 Å². The van der Waals surface area contributed by atoms with Crippen molar-refractivity contribution >= 4 is 49.8 Å². The maximum Gasteiger partial charge on any atom is 0.159 e. The van der Waals surface area contributed by atoms with Gasteiger partial charge in [0.05, 0.1) is 5.69 Å². The number of anilines is 3.